The van der Waals surface area contributed by atoms with E-state index in [2.05, 4.69) is 24.1 Å². The van der Waals surface area contributed by atoms with Crippen molar-refractivity contribution in [3.05, 3.63) is 58.9 Å². The summed E-state index contributed by atoms with van der Waals surface area (Å²) in [5.41, 5.74) is 1.13. The summed E-state index contributed by atoms with van der Waals surface area (Å²) in [6.45, 7) is 8.60. The largest absolute Gasteiger partial charge is 0.494 e. The summed E-state index contributed by atoms with van der Waals surface area (Å²) in [5, 5.41) is 4.01. The summed E-state index contributed by atoms with van der Waals surface area (Å²) in [4.78, 5) is 30.3. The van der Waals surface area contributed by atoms with Gasteiger partial charge in [-0.2, -0.15) is 0 Å². The molecule has 1 atom stereocenters. The van der Waals surface area contributed by atoms with Crippen LogP contribution in [0.2, 0.25) is 0 Å². The molecule has 0 aliphatic carbocycles. The van der Waals surface area contributed by atoms with Crippen LogP contribution in [0.15, 0.2) is 58.5 Å². The van der Waals surface area contributed by atoms with Gasteiger partial charge in [0.1, 0.15) is 5.75 Å². The van der Waals surface area contributed by atoms with Crippen LogP contribution in [0.1, 0.15) is 27.7 Å². The van der Waals surface area contributed by atoms with Crippen molar-refractivity contribution in [3.63, 3.8) is 0 Å². The Morgan fingerprint density at radius 3 is 2.50 bits per heavy atom. The molecule has 6 nitrogen and oxygen atoms in total. The number of nitrogens with zero attached hydrogens (tertiary/aromatic N) is 2. The normalized spacial score (nSPS) is 12.2. The average Bonchev–Trinajstić information content (AvgIpc) is 2.73. The van der Waals surface area contributed by atoms with Crippen molar-refractivity contribution < 1.29 is 9.53 Å². The molecular weight excluding hydrogens is 398 g/mol. The van der Waals surface area contributed by atoms with Crippen LogP contribution >= 0.6 is 11.8 Å². The maximum atomic E-state index is 13.2. The van der Waals surface area contributed by atoms with Crippen LogP contribution in [0.3, 0.4) is 0 Å². The SMILES string of the molecule is CCOc1ccc(-n2c(SCC(=O)N[C@@H](C)C(C)C)nc3ccccc3c2=O)cc1. The molecule has 7 heteroatoms. The molecule has 0 fully saturated rings. The molecule has 0 bridgehead atoms. The van der Waals surface area contributed by atoms with E-state index in [9.17, 15) is 9.59 Å². The second-order valence-electron chi connectivity index (χ2n) is 7.37. The summed E-state index contributed by atoms with van der Waals surface area (Å²) < 4.78 is 7.06. The molecule has 2 aromatic carbocycles. The van der Waals surface area contributed by atoms with Crippen molar-refractivity contribution in [1.29, 1.82) is 0 Å². The number of hydrogen-bond donors (Lipinski definition) is 1. The number of para-hydroxylation sites is 1. The lowest BCUT2D eigenvalue weighted by Crippen LogP contribution is -2.37. The highest BCUT2D eigenvalue weighted by atomic mass is 32.2. The molecule has 0 saturated carbocycles. The van der Waals surface area contributed by atoms with Crippen molar-refractivity contribution in [3.8, 4) is 11.4 Å². The molecule has 0 unspecified atom stereocenters. The molecule has 1 N–H and O–H groups in total. The van der Waals surface area contributed by atoms with Crippen molar-refractivity contribution in [2.24, 2.45) is 5.92 Å². The lowest BCUT2D eigenvalue weighted by Gasteiger charge is -2.18. The second-order valence-corrected chi connectivity index (χ2v) is 8.31. The van der Waals surface area contributed by atoms with Gasteiger partial charge in [0.05, 0.1) is 29.0 Å². The Morgan fingerprint density at radius 1 is 1.13 bits per heavy atom. The van der Waals surface area contributed by atoms with E-state index in [-0.39, 0.29) is 23.3 Å². The maximum absolute atomic E-state index is 13.2. The van der Waals surface area contributed by atoms with E-state index in [4.69, 9.17) is 4.74 Å². The summed E-state index contributed by atoms with van der Waals surface area (Å²) in [6, 6.07) is 14.6. The Balaban J connectivity index is 1.97. The van der Waals surface area contributed by atoms with Crippen molar-refractivity contribution >= 4 is 28.6 Å². The first-order valence-corrected chi connectivity index (χ1v) is 11.1. The first-order valence-electron chi connectivity index (χ1n) is 10.1. The molecule has 1 amide bonds. The minimum absolute atomic E-state index is 0.0796. The topological polar surface area (TPSA) is 73.2 Å². The molecular formula is C23H27N3O3S. The van der Waals surface area contributed by atoms with Crippen LogP contribution in [0.25, 0.3) is 16.6 Å². The lowest BCUT2D eigenvalue weighted by molar-refractivity contribution is -0.119. The van der Waals surface area contributed by atoms with Crippen LogP contribution < -0.4 is 15.6 Å². The number of amides is 1. The predicted molar refractivity (Wildman–Crippen MR) is 122 cm³/mol. The van der Waals surface area contributed by atoms with Crippen molar-refractivity contribution in [2.75, 3.05) is 12.4 Å². The third kappa shape index (κ3) is 5.02. The van der Waals surface area contributed by atoms with Gasteiger partial charge >= 0.3 is 0 Å². The molecule has 3 aromatic rings. The Kier molecular flexibility index (Phi) is 7.15. The number of nitrogens with one attached hydrogen (secondary N) is 1. The summed E-state index contributed by atoms with van der Waals surface area (Å²) in [5.74, 6) is 1.18. The molecule has 1 heterocycles. The number of ether oxygens (including phenoxy) is 1. The highest BCUT2D eigenvalue weighted by molar-refractivity contribution is 7.99. The minimum Gasteiger partial charge on any atom is -0.494 e. The van der Waals surface area contributed by atoms with Gasteiger partial charge in [0.2, 0.25) is 5.91 Å². The van der Waals surface area contributed by atoms with Gasteiger partial charge in [-0.05, 0) is 56.2 Å². The highest BCUT2D eigenvalue weighted by Gasteiger charge is 2.16. The average molecular weight is 426 g/mol. The molecule has 30 heavy (non-hydrogen) atoms. The van der Waals surface area contributed by atoms with Gasteiger partial charge in [-0.1, -0.05) is 37.7 Å². The van der Waals surface area contributed by atoms with E-state index in [0.29, 0.717) is 34.3 Å². The molecule has 0 aliphatic heterocycles. The van der Waals surface area contributed by atoms with Gasteiger partial charge in [0, 0.05) is 6.04 Å². The molecule has 0 aliphatic rings. The second kappa shape index (κ2) is 9.80. The van der Waals surface area contributed by atoms with Crippen LogP contribution in [0, 0.1) is 5.92 Å². The first-order chi connectivity index (χ1) is 14.4. The standard InChI is InChI=1S/C23H27N3O3S/c1-5-29-18-12-10-17(11-13-18)26-22(28)19-8-6-7-9-20(19)25-23(26)30-14-21(27)24-16(4)15(2)3/h6-13,15-16H,5,14H2,1-4H3,(H,24,27)/t16-/m0/s1. The number of aromatic nitrogens is 2. The summed E-state index contributed by atoms with van der Waals surface area (Å²) in [7, 11) is 0. The van der Waals surface area contributed by atoms with Crippen LogP contribution in [0.4, 0.5) is 0 Å². The Morgan fingerprint density at radius 2 is 1.83 bits per heavy atom. The van der Waals surface area contributed by atoms with E-state index >= 15 is 0 Å². The molecule has 1 aromatic heterocycles. The number of hydrogen-bond acceptors (Lipinski definition) is 5. The zero-order valence-electron chi connectivity index (χ0n) is 17.7. The van der Waals surface area contributed by atoms with Crippen molar-refractivity contribution in [2.45, 2.75) is 38.9 Å². The van der Waals surface area contributed by atoms with Gasteiger partial charge < -0.3 is 10.1 Å². The smallest absolute Gasteiger partial charge is 0.266 e. The van der Waals surface area contributed by atoms with Gasteiger partial charge in [0.15, 0.2) is 5.16 Å². The number of rotatable bonds is 8. The zero-order chi connectivity index (χ0) is 21.7. The summed E-state index contributed by atoms with van der Waals surface area (Å²) in [6.07, 6.45) is 0. The Labute approximate surface area is 180 Å². The van der Waals surface area contributed by atoms with E-state index in [0.717, 1.165) is 5.75 Å². The fourth-order valence-electron chi connectivity index (χ4n) is 2.89. The van der Waals surface area contributed by atoms with Gasteiger partial charge in [-0.25, -0.2) is 4.98 Å². The quantitative estimate of drug-likeness (QED) is 0.436. The fraction of sp³-hybridized carbons (Fsp3) is 0.348. The summed E-state index contributed by atoms with van der Waals surface area (Å²) >= 11 is 1.26. The van der Waals surface area contributed by atoms with Crippen LogP contribution in [-0.4, -0.2) is 33.9 Å². The number of fused-ring (bicyclic) bond motifs is 1. The molecule has 3 rings (SSSR count). The molecule has 0 saturated heterocycles. The molecule has 0 spiro atoms. The van der Waals surface area contributed by atoms with E-state index in [1.54, 1.807) is 10.6 Å². The van der Waals surface area contributed by atoms with E-state index in [1.807, 2.05) is 56.3 Å². The maximum Gasteiger partial charge on any atom is 0.266 e. The fourth-order valence-corrected chi connectivity index (χ4v) is 3.71. The molecule has 0 radical (unpaired) electrons. The Hall–Kier alpha value is -2.80. The highest BCUT2D eigenvalue weighted by Crippen LogP contribution is 2.23. The van der Waals surface area contributed by atoms with E-state index in [1.165, 1.54) is 11.8 Å². The lowest BCUT2D eigenvalue weighted by atomic mass is 10.1. The third-order valence-electron chi connectivity index (χ3n) is 4.87. The van der Waals surface area contributed by atoms with Crippen molar-refractivity contribution in [1.82, 2.24) is 14.9 Å². The number of thioether (sulfide) groups is 1. The first kappa shape index (κ1) is 21.9. The number of benzene rings is 2. The van der Waals surface area contributed by atoms with Crippen LogP contribution in [0.5, 0.6) is 5.75 Å². The van der Waals surface area contributed by atoms with Gasteiger partial charge in [-0.3, -0.25) is 14.2 Å². The Bertz CT molecular complexity index is 1080. The minimum atomic E-state index is -0.164. The van der Waals surface area contributed by atoms with Gasteiger partial charge in [-0.15, -0.1) is 0 Å². The zero-order valence-corrected chi connectivity index (χ0v) is 18.5. The third-order valence-corrected chi connectivity index (χ3v) is 5.81. The number of carbonyl (C=O) groups is 1. The monoisotopic (exact) mass is 425 g/mol. The molecule has 158 valence electrons. The van der Waals surface area contributed by atoms with E-state index < -0.39 is 0 Å². The van der Waals surface area contributed by atoms with Gasteiger partial charge in [0.25, 0.3) is 5.56 Å². The van der Waals surface area contributed by atoms with Crippen LogP contribution in [-0.2, 0) is 4.79 Å². The number of carbonyl (C=O) groups excluding carboxylic acids is 1. The predicted octanol–water partition coefficient (Wildman–Crippen LogP) is 4.04.